The van der Waals surface area contributed by atoms with E-state index in [9.17, 15) is 14.4 Å². The molecule has 7 nitrogen and oxygen atoms in total. The molecule has 2 aliphatic rings. The zero-order valence-corrected chi connectivity index (χ0v) is 17.8. The maximum atomic E-state index is 12.3. The molecule has 0 bridgehead atoms. The number of hydrogen-bond donors (Lipinski definition) is 1. The summed E-state index contributed by atoms with van der Waals surface area (Å²) in [5, 5.41) is 2.98. The number of likely N-dealkylation sites (N-methyl/N-ethyl adjacent to an activating group) is 1. The first-order valence-corrected chi connectivity index (χ1v) is 10.7. The van der Waals surface area contributed by atoms with Crippen molar-refractivity contribution in [1.29, 1.82) is 0 Å². The van der Waals surface area contributed by atoms with Crippen LogP contribution >= 0.6 is 0 Å². The SMILES string of the molecule is CN1CC(=O)N(CC(=O)NC2CCN(Cc3ccc(-c4ccccc4)cc3)CC2)C1=O. The Morgan fingerprint density at radius 3 is 2.23 bits per heavy atom. The molecule has 0 atom stereocenters. The first kappa shape index (κ1) is 21.1. The number of nitrogens with one attached hydrogen (secondary N) is 1. The average molecular weight is 421 g/mol. The third-order valence-corrected chi connectivity index (χ3v) is 5.95. The van der Waals surface area contributed by atoms with E-state index in [1.54, 1.807) is 7.05 Å². The van der Waals surface area contributed by atoms with Gasteiger partial charge in [0.1, 0.15) is 13.1 Å². The van der Waals surface area contributed by atoms with Crippen molar-refractivity contribution in [3.8, 4) is 11.1 Å². The molecule has 2 heterocycles. The number of urea groups is 1. The summed E-state index contributed by atoms with van der Waals surface area (Å²) >= 11 is 0. The van der Waals surface area contributed by atoms with Gasteiger partial charge in [-0.25, -0.2) is 4.79 Å². The molecule has 0 unspecified atom stereocenters. The first-order valence-electron chi connectivity index (χ1n) is 10.7. The van der Waals surface area contributed by atoms with Crippen LogP contribution in [0.4, 0.5) is 4.79 Å². The summed E-state index contributed by atoms with van der Waals surface area (Å²) < 4.78 is 0. The van der Waals surface area contributed by atoms with Crippen molar-refractivity contribution in [2.24, 2.45) is 0 Å². The topological polar surface area (TPSA) is 73.0 Å². The summed E-state index contributed by atoms with van der Waals surface area (Å²) in [6.07, 6.45) is 1.71. The molecular weight excluding hydrogens is 392 g/mol. The number of carbonyl (C=O) groups is 3. The smallest absolute Gasteiger partial charge is 0.327 e. The molecule has 4 amide bonds. The molecule has 0 saturated carbocycles. The number of amides is 4. The Kier molecular flexibility index (Phi) is 6.32. The Labute approximate surface area is 182 Å². The van der Waals surface area contributed by atoms with E-state index in [1.165, 1.54) is 21.6 Å². The average Bonchev–Trinajstić information content (AvgIpc) is 3.02. The van der Waals surface area contributed by atoms with Crippen molar-refractivity contribution in [3.05, 3.63) is 60.2 Å². The predicted octanol–water partition coefficient (Wildman–Crippen LogP) is 2.33. The van der Waals surface area contributed by atoms with Gasteiger partial charge in [-0.05, 0) is 29.5 Å². The lowest BCUT2D eigenvalue weighted by atomic mass is 10.0. The standard InChI is InChI=1S/C24H28N4O3/c1-26-17-23(30)28(24(26)31)16-22(29)25-21-11-13-27(14-12-21)15-18-7-9-20(10-8-18)19-5-3-2-4-6-19/h2-10,21H,11-17H2,1H3,(H,25,29). The summed E-state index contributed by atoms with van der Waals surface area (Å²) in [7, 11) is 1.56. The highest BCUT2D eigenvalue weighted by atomic mass is 16.2. The summed E-state index contributed by atoms with van der Waals surface area (Å²) in [6, 6.07) is 18.7. The van der Waals surface area contributed by atoms with E-state index in [1.807, 2.05) is 18.2 Å². The van der Waals surface area contributed by atoms with Crippen LogP contribution in [0.2, 0.25) is 0 Å². The number of imide groups is 1. The number of hydrogen-bond acceptors (Lipinski definition) is 4. The predicted molar refractivity (Wildman–Crippen MR) is 118 cm³/mol. The van der Waals surface area contributed by atoms with E-state index in [2.05, 4.69) is 46.6 Å². The number of rotatable bonds is 6. The molecule has 2 saturated heterocycles. The van der Waals surface area contributed by atoms with E-state index in [-0.39, 0.29) is 30.9 Å². The lowest BCUT2D eigenvalue weighted by Crippen LogP contribution is -2.48. The molecule has 2 fully saturated rings. The molecule has 7 heteroatoms. The number of carbonyl (C=O) groups excluding carboxylic acids is 3. The Morgan fingerprint density at radius 1 is 0.968 bits per heavy atom. The van der Waals surface area contributed by atoms with Crippen LogP contribution in [0, 0.1) is 0 Å². The molecule has 0 radical (unpaired) electrons. The van der Waals surface area contributed by atoms with E-state index >= 15 is 0 Å². The van der Waals surface area contributed by atoms with Crippen molar-refractivity contribution >= 4 is 17.8 Å². The van der Waals surface area contributed by atoms with Gasteiger partial charge in [-0.1, -0.05) is 54.6 Å². The molecule has 2 aliphatic heterocycles. The molecule has 4 rings (SSSR count). The Balaban J connectivity index is 1.22. The molecule has 2 aromatic rings. The highest BCUT2D eigenvalue weighted by Crippen LogP contribution is 2.21. The maximum Gasteiger partial charge on any atom is 0.327 e. The van der Waals surface area contributed by atoms with Crippen molar-refractivity contribution in [1.82, 2.24) is 20.0 Å². The van der Waals surface area contributed by atoms with Crippen molar-refractivity contribution in [2.45, 2.75) is 25.4 Å². The van der Waals surface area contributed by atoms with Gasteiger partial charge in [0, 0.05) is 32.7 Å². The van der Waals surface area contributed by atoms with Crippen LogP contribution in [0.3, 0.4) is 0 Å². The summed E-state index contributed by atoms with van der Waals surface area (Å²) in [6.45, 7) is 2.52. The largest absolute Gasteiger partial charge is 0.352 e. The minimum absolute atomic E-state index is 0.0385. The second kappa shape index (κ2) is 9.31. The zero-order chi connectivity index (χ0) is 21.8. The second-order valence-electron chi connectivity index (χ2n) is 8.30. The highest BCUT2D eigenvalue weighted by molar-refractivity contribution is 6.04. The fourth-order valence-corrected chi connectivity index (χ4v) is 4.17. The molecule has 31 heavy (non-hydrogen) atoms. The van der Waals surface area contributed by atoms with Gasteiger partial charge in [-0.3, -0.25) is 19.4 Å². The fraction of sp³-hybridized carbons (Fsp3) is 0.375. The maximum absolute atomic E-state index is 12.3. The zero-order valence-electron chi connectivity index (χ0n) is 17.8. The highest BCUT2D eigenvalue weighted by Gasteiger charge is 2.35. The Morgan fingerprint density at radius 2 is 1.61 bits per heavy atom. The quantitative estimate of drug-likeness (QED) is 0.728. The van der Waals surface area contributed by atoms with Gasteiger partial charge >= 0.3 is 6.03 Å². The Hall–Kier alpha value is -3.19. The molecule has 1 N–H and O–H groups in total. The summed E-state index contributed by atoms with van der Waals surface area (Å²) in [5.74, 6) is -0.595. The van der Waals surface area contributed by atoms with E-state index < -0.39 is 6.03 Å². The van der Waals surface area contributed by atoms with Crippen LogP contribution < -0.4 is 5.32 Å². The third-order valence-electron chi connectivity index (χ3n) is 5.95. The number of nitrogens with zero attached hydrogens (tertiary/aromatic N) is 3. The van der Waals surface area contributed by atoms with Gasteiger partial charge < -0.3 is 10.2 Å². The lowest BCUT2D eigenvalue weighted by Gasteiger charge is -2.32. The number of likely N-dealkylation sites (tertiary alicyclic amines) is 1. The molecule has 0 spiro atoms. The van der Waals surface area contributed by atoms with E-state index in [4.69, 9.17) is 0 Å². The van der Waals surface area contributed by atoms with Gasteiger partial charge in [-0.2, -0.15) is 0 Å². The molecule has 0 aromatic heterocycles. The summed E-state index contributed by atoms with van der Waals surface area (Å²) in [4.78, 5) is 40.7. The lowest BCUT2D eigenvalue weighted by molar-refractivity contribution is -0.131. The van der Waals surface area contributed by atoms with Gasteiger partial charge in [0.25, 0.3) is 5.91 Å². The van der Waals surface area contributed by atoms with Crippen LogP contribution in [0.15, 0.2) is 54.6 Å². The molecule has 2 aromatic carbocycles. The normalized spacial score (nSPS) is 18.0. The second-order valence-corrected chi connectivity index (χ2v) is 8.30. The molecular formula is C24H28N4O3. The monoisotopic (exact) mass is 420 g/mol. The number of piperidine rings is 1. The van der Waals surface area contributed by atoms with Crippen molar-refractivity contribution in [2.75, 3.05) is 33.2 Å². The van der Waals surface area contributed by atoms with Crippen LogP contribution in [0.5, 0.6) is 0 Å². The minimum atomic E-state index is -0.409. The van der Waals surface area contributed by atoms with Crippen LogP contribution in [-0.4, -0.2) is 71.8 Å². The minimum Gasteiger partial charge on any atom is -0.352 e. The fourth-order valence-electron chi connectivity index (χ4n) is 4.17. The van der Waals surface area contributed by atoms with Gasteiger partial charge in [-0.15, -0.1) is 0 Å². The van der Waals surface area contributed by atoms with E-state index in [0.717, 1.165) is 37.4 Å². The third kappa shape index (κ3) is 5.11. The van der Waals surface area contributed by atoms with Crippen LogP contribution in [-0.2, 0) is 16.1 Å². The van der Waals surface area contributed by atoms with Crippen molar-refractivity contribution < 1.29 is 14.4 Å². The summed E-state index contributed by atoms with van der Waals surface area (Å²) in [5.41, 5.74) is 3.71. The molecule has 162 valence electrons. The van der Waals surface area contributed by atoms with Crippen LogP contribution in [0.25, 0.3) is 11.1 Å². The Bertz CT molecular complexity index is 937. The first-order chi connectivity index (χ1) is 15.0. The van der Waals surface area contributed by atoms with Gasteiger partial charge in [0.15, 0.2) is 0 Å². The number of benzene rings is 2. The molecule has 0 aliphatic carbocycles. The van der Waals surface area contributed by atoms with Gasteiger partial charge in [0.05, 0.1) is 0 Å². The van der Waals surface area contributed by atoms with Gasteiger partial charge in [0.2, 0.25) is 5.91 Å². The van der Waals surface area contributed by atoms with E-state index in [0.29, 0.717) is 0 Å². The van der Waals surface area contributed by atoms with Crippen molar-refractivity contribution in [3.63, 3.8) is 0 Å². The van der Waals surface area contributed by atoms with Crippen LogP contribution in [0.1, 0.15) is 18.4 Å².